The third kappa shape index (κ3) is 2.01. The lowest BCUT2D eigenvalue weighted by atomic mass is 9.87. The van der Waals surface area contributed by atoms with Crippen LogP contribution in [0.3, 0.4) is 0 Å². The van der Waals surface area contributed by atoms with Gasteiger partial charge in [-0.15, -0.1) is 0 Å². The van der Waals surface area contributed by atoms with Gasteiger partial charge in [0.05, 0.1) is 6.42 Å². The molecule has 0 aliphatic carbocycles. The molecule has 0 fully saturated rings. The first-order valence-electron chi connectivity index (χ1n) is 5.84. The highest BCUT2D eigenvalue weighted by Crippen LogP contribution is 2.47. The van der Waals surface area contributed by atoms with E-state index < -0.39 is 5.60 Å². The standard InChI is InChI=1S/C13H15ClO4/c1-3-4-13(2)6-9(17)10-7(15)5-8(16)11(14)12(10)18-13/h5,15-16H,3-4,6H2,1-2H3. The zero-order valence-corrected chi connectivity index (χ0v) is 11.0. The number of fused-ring (bicyclic) bond motifs is 1. The van der Waals surface area contributed by atoms with Gasteiger partial charge in [-0.25, -0.2) is 0 Å². The summed E-state index contributed by atoms with van der Waals surface area (Å²) in [5.41, 5.74) is -0.575. The van der Waals surface area contributed by atoms with E-state index in [1.165, 1.54) is 0 Å². The molecule has 1 aromatic carbocycles. The summed E-state index contributed by atoms with van der Waals surface area (Å²) >= 11 is 5.94. The Labute approximate surface area is 110 Å². The first kappa shape index (κ1) is 13.0. The summed E-state index contributed by atoms with van der Waals surface area (Å²) in [5, 5.41) is 19.2. The van der Waals surface area contributed by atoms with E-state index in [0.717, 1.165) is 12.5 Å². The minimum atomic E-state index is -0.636. The molecule has 1 heterocycles. The molecule has 0 radical (unpaired) electrons. The van der Waals surface area contributed by atoms with Gasteiger partial charge >= 0.3 is 0 Å². The fraction of sp³-hybridized carbons (Fsp3) is 0.462. The number of halogens is 1. The van der Waals surface area contributed by atoms with Gasteiger partial charge in [0.1, 0.15) is 27.7 Å². The van der Waals surface area contributed by atoms with E-state index in [9.17, 15) is 15.0 Å². The molecule has 2 rings (SSSR count). The van der Waals surface area contributed by atoms with E-state index in [1.807, 2.05) is 13.8 Å². The van der Waals surface area contributed by atoms with Crippen LogP contribution in [0.5, 0.6) is 17.2 Å². The number of carbonyl (C=O) groups excluding carboxylic acids is 1. The Morgan fingerprint density at radius 2 is 2.11 bits per heavy atom. The van der Waals surface area contributed by atoms with Gasteiger partial charge in [0.2, 0.25) is 0 Å². The maximum absolute atomic E-state index is 12.1. The van der Waals surface area contributed by atoms with E-state index in [4.69, 9.17) is 16.3 Å². The highest BCUT2D eigenvalue weighted by molar-refractivity contribution is 6.34. The van der Waals surface area contributed by atoms with Crippen LogP contribution >= 0.6 is 11.6 Å². The van der Waals surface area contributed by atoms with Gasteiger partial charge in [0.15, 0.2) is 11.5 Å². The lowest BCUT2D eigenvalue weighted by molar-refractivity contribution is 0.0459. The van der Waals surface area contributed by atoms with Crippen LogP contribution in [-0.2, 0) is 0 Å². The van der Waals surface area contributed by atoms with Crippen LogP contribution in [0.4, 0.5) is 0 Å². The number of benzene rings is 1. The summed E-state index contributed by atoms with van der Waals surface area (Å²) in [4.78, 5) is 12.1. The van der Waals surface area contributed by atoms with Gasteiger partial charge in [-0.3, -0.25) is 4.79 Å². The second kappa shape index (κ2) is 4.35. The van der Waals surface area contributed by atoms with Crippen LogP contribution in [0.25, 0.3) is 0 Å². The Bertz CT molecular complexity index is 512. The zero-order valence-electron chi connectivity index (χ0n) is 10.3. The van der Waals surface area contributed by atoms with Gasteiger partial charge < -0.3 is 14.9 Å². The van der Waals surface area contributed by atoms with Gasteiger partial charge in [-0.1, -0.05) is 24.9 Å². The summed E-state index contributed by atoms with van der Waals surface area (Å²) in [6.45, 7) is 3.82. The van der Waals surface area contributed by atoms with Crippen molar-refractivity contribution in [3.63, 3.8) is 0 Å². The molecule has 1 aromatic rings. The lowest BCUT2D eigenvalue weighted by Gasteiger charge is -2.35. The van der Waals surface area contributed by atoms with Crippen LogP contribution in [-0.4, -0.2) is 21.6 Å². The van der Waals surface area contributed by atoms with Crippen molar-refractivity contribution in [2.75, 3.05) is 0 Å². The first-order chi connectivity index (χ1) is 8.38. The molecule has 1 atom stereocenters. The predicted molar refractivity (Wildman–Crippen MR) is 67.7 cm³/mol. The van der Waals surface area contributed by atoms with Gasteiger partial charge in [0.25, 0.3) is 0 Å². The van der Waals surface area contributed by atoms with Crippen molar-refractivity contribution in [3.8, 4) is 17.2 Å². The van der Waals surface area contributed by atoms with Crippen molar-refractivity contribution in [3.05, 3.63) is 16.7 Å². The molecule has 1 unspecified atom stereocenters. The predicted octanol–water partition coefficient (Wildman–Crippen LogP) is 3.28. The van der Waals surface area contributed by atoms with E-state index in [2.05, 4.69) is 0 Å². The Balaban J connectivity index is 2.56. The third-order valence-electron chi connectivity index (χ3n) is 3.12. The highest BCUT2D eigenvalue weighted by Gasteiger charge is 2.39. The number of ketones is 1. The molecule has 18 heavy (non-hydrogen) atoms. The van der Waals surface area contributed by atoms with Gasteiger partial charge in [-0.05, 0) is 13.3 Å². The minimum absolute atomic E-state index is 0.0295. The average Bonchev–Trinajstić information content (AvgIpc) is 2.24. The number of hydrogen-bond donors (Lipinski definition) is 2. The van der Waals surface area contributed by atoms with E-state index in [0.29, 0.717) is 6.42 Å². The normalized spacial score (nSPS) is 22.5. The molecule has 1 aliphatic rings. The van der Waals surface area contributed by atoms with Crippen molar-refractivity contribution in [2.45, 2.75) is 38.7 Å². The lowest BCUT2D eigenvalue weighted by Crippen LogP contribution is -2.39. The number of Topliss-reactive ketones (excluding diaryl/α,β-unsaturated/α-hetero) is 1. The number of carbonyl (C=O) groups is 1. The summed E-state index contributed by atoms with van der Waals surface area (Å²) in [5.74, 6) is -0.718. The quantitative estimate of drug-likeness (QED) is 0.865. The average molecular weight is 271 g/mol. The number of phenols is 2. The van der Waals surface area contributed by atoms with Crippen LogP contribution in [0.15, 0.2) is 6.07 Å². The molecule has 0 saturated carbocycles. The third-order valence-corrected chi connectivity index (χ3v) is 3.49. The molecular formula is C13H15ClO4. The summed E-state index contributed by atoms with van der Waals surface area (Å²) in [7, 11) is 0. The number of hydrogen-bond acceptors (Lipinski definition) is 4. The Morgan fingerprint density at radius 1 is 1.44 bits per heavy atom. The van der Waals surface area contributed by atoms with E-state index in [-0.39, 0.29) is 40.0 Å². The van der Waals surface area contributed by atoms with E-state index >= 15 is 0 Å². The molecular weight excluding hydrogens is 256 g/mol. The molecule has 98 valence electrons. The van der Waals surface area contributed by atoms with Crippen LogP contribution < -0.4 is 4.74 Å². The number of rotatable bonds is 2. The fourth-order valence-corrected chi connectivity index (χ4v) is 2.54. The number of ether oxygens (including phenoxy) is 1. The second-order valence-corrected chi connectivity index (χ2v) is 5.21. The molecule has 0 aromatic heterocycles. The molecule has 1 aliphatic heterocycles. The second-order valence-electron chi connectivity index (χ2n) is 4.83. The molecule has 0 bridgehead atoms. The van der Waals surface area contributed by atoms with Crippen molar-refractivity contribution in [2.24, 2.45) is 0 Å². The van der Waals surface area contributed by atoms with Crippen molar-refractivity contribution in [1.82, 2.24) is 0 Å². The molecule has 5 heteroatoms. The Hall–Kier alpha value is -1.42. The van der Waals surface area contributed by atoms with Crippen molar-refractivity contribution < 1.29 is 19.7 Å². The molecule has 0 spiro atoms. The molecule has 2 N–H and O–H groups in total. The SMILES string of the molecule is CCCC1(C)CC(=O)c2c(O)cc(O)c(Cl)c2O1. The topological polar surface area (TPSA) is 66.8 Å². The molecule has 4 nitrogen and oxygen atoms in total. The van der Waals surface area contributed by atoms with Crippen molar-refractivity contribution >= 4 is 17.4 Å². The monoisotopic (exact) mass is 270 g/mol. The highest BCUT2D eigenvalue weighted by atomic mass is 35.5. The van der Waals surface area contributed by atoms with Gasteiger partial charge in [-0.2, -0.15) is 0 Å². The molecule has 0 saturated heterocycles. The summed E-state index contributed by atoms with van der Waals surface area (Å²) in [6, 6.07) is 1.06. The van der Waals surface area contributed by atoms with E-state index in [1.54, 1.807) is 0 Å². The largest absolute Gasteiger partial charge is 0.507 e. The summed E-state index contributed by atoms with van der Waals surface area (Å²) in [6.07, 6.45) is 1.76. The number of phenolic OH excluding ortho intramolecular Hbond substituents is 2. The maximum atomic E-state index is 12.1. The zero-order chi connectivity index (χ0) is 13.5. The van der Waals surface area contributed by atoms with Gasteiger partial charge in [0, 0.05) is 6.07 Å². The Morgan fingerprint density at radius 3 is 2.72 bits per heavy atom. The van der Waals surface area contributed by atoms with Crippen molar-refractivity contribution in [1.29, 1.82) is 0 Å². The maximum Gasteiger partial charge on any atom is 0.174 e. The first-order valence-corrected chi connectivity index (χ1v) is 6.22. The fourth-order valence-electron chi connectivity index (χ4n) is 2.35. The Kier molecular flexibility index (Phi) is 3.15. The molecule has 0 amide bonds. The summed E-state index contributed by atoms with van der Waals surface area (Å²) < 4.78 is 5.75. The minimum Gasteiger partial charge on any atom is -0.507 e. The van der Waals surface area contributed by atoms with Crippen LogP contribution in [0, 0.1) is 0 Å². The van der Waals surface area contributed by atoms with Crippen LogP contribution in [0.2, 0.25) is 5.02 Å². The number of aromatic hydroxyl groups is 2. The smallest absolute Gasteiger partial charge is 0.174 e. The van der Waals surface area contributed by atoms with Crippen LogP contribution in [0.1, 0.15) is 43.5 Å².